The number of carbonyl (C=O) groups excluding carboxylic acids is 1. The second kappa shape index (κ2) is 10.8. The molecule has 216 valence electrons. The van der Waals surface area contributed by atoms with Crippen molar-refractivity contribution < 1.29 is 27.6 Å². The highest BCUT2D eigenvalue weighted by atomic mass is 79.9. The number of ether oxygens (including phenoxy) is 1. The Labute approximate surface area is 246 Å². The van der Waals surface area contributed by atoms with E-state index in [1.165, 1.54) is 23.8 Å². The molecule has 3 aromatic carbocycles. The number of aromatic nitrogens is 2. The molecule has 42 heavy (non-hydrogen) atoms. The number of aryl methyl sites for hydroxylation is 2. The third kappa shape index (κ3) is 5.69. The minimum Gasteiger partial charge on any atom is -0.457 e. The van der Waals surface area contributed by atoms with E-state index in [9.17, 15) is 28.1 Å². The fourth-order valence-electron chi connectivity index (χ4n) is 5.36. The first-order valence-corrected chi connectivity index (χ1v) is 13.9. The van der Waals surface area contributed by atoms with Crippen LogP contribution in [0.5, 0.6) is 11.5 Å². The number of rotatable bonds is 6. The number of hydrogen-bond acceptors (Lipinski definition) is 6. The number of carbonyl (C=O) groups is 1. The number of alkyl halides is 3. The lowest BCUT2D eigenvalue weighted by molar-refractivity contribution is -0.384. The summed E-state index contributed by atoms with van der Waals surface area (Å²) < 4.78 is 49.7. The van der Waals surface area contributed by atoms with E-state index in [0.717, 1.165) is 40.0 Å². The highest BCUT2D eigenvalue weighted by Crippen LogP contribution is 2.44. The van der Waals surface area contributed by atoms with Crippen LogP contribution in [-0.2, 0) is 12.8 Å². The molecule has 2 N–H and O–H groups in total. The summed E-state index contributed by atoms with van der Waals surface area (Å²) >= 11 is 3.32. The standard InChI is InChI=1S/C29H23BrF3N5O4/c30-19-7-4-17(5-8-19)24-14-26(29(31,32)33)37-27(35-24)15-25(36-37)28(39)34-20-11-21(38(40)41)13-23(12-20)42-22-9-6-16-2-1-3-18(16)10-22/h4-13,15,24,26,35H,1-3,14H2,(H,34,39)/t24-,26-/m0/s1. The second-order valence-corrected chi connectivity index (χ2v) is 11.1. The van der Waals surface area contributed by atoms with Crippen molar-refractivity contribution in [3.63, 3.8) is 0 Å². The zero-order valence-electron chi connectivity index (χ0n) is 21.8. The molecule has 13 heteroatoms. The number of nitrogens with zero attached hydrogens (tertiary/aromatic N) is 3. The van der Waals surface area contributed by atoms with Gasteiger partial charge in [-0.25, -0.2) is 4.68 Å². The molecular weight excluding hydrogens is 619 g/mol. The first kappa shape index (κ1) is 27.8. The summed E-state index contributed by atoms with van der Waals surface area (Å²) in [6, 6.07) is 14.9. The van der Waals surface area contributed by atoms with E-state index in [1.807, 2.05) is 12.1 Å². The molecule has 1 aliphatic heterocycles. The summed E-state index contributed by atoms with van der Waals surface area (Å²) in [6.07, 6.45) is -1.98. The molecule has 0 unspecified atom stereocenters. The smallest absolute Gasteiger partial charge is 0.410 e. The van der Waals surface area contributed by atoms with Crippen molar-refractivity contribution in [1.29, 1.82) is 0 Å². The van der Waals surface area contributed by atoms with Crippen LogP contribution in [0.2, 0.25) is 0 Å². The fraction of sp³-hybridized carbons (Fsp3) is 0.241. The van der Waals surface area contributed by atoms with Gasteiger partial charge in [0.05, 0.1) is 22.7 Å². The van der Waals surface area contributed by atoms with Crippen LogP contribution in [0.3, 0.4) is 0 Å². The summed E-state index contributed by atoms with van der Waals surface area (Å²) in [6.45, 7) is 0. The van der Waals surface area contributed by atoms with Crippen molar-refractivity contribution in [2.24, 2.45) is 0 Å². The third-order valence-corrected chi connectivity index (χ3v) is 7.89. The molecule has 6 rings (SSSR count). The van der Waals surface area contributed by atoms with Gasteiger partial charge in [0.15, 0.2) is 11.7 Å². The molecule has 0 spiro atoms. The van der Waals surface area contributed by atoms with Crippen molar-refractivity contribution in [1.82, 2.24) is 9.78 Å². The van der Waals surface area contributed by atoms with Gasteiger partial charge in [0, 0.05) is 29.1 Å². The minimum atomic E-state index is -4.62. The summed E-state index contributed by atoms with van der Waals surface area (Å²) in [5.74, 6) is -0.178. The molecule has 0 bridgehead atoms. The number of halogens is 4. The Hall–Kier alpha value is -4.39. The largest absolute Gasteiger partial charge is 0.457 e. The van der Waals surface area contributed by atoms with Gasteiger partial charge in [-0.15, -0.1) is 0 Å². The summed E-state index contributed by atoms with van der Waals surface area (Å²) in [5.41, 5.74) is 2.47. The Balaban J connectivity index is 1.26. The van der Waals surface area contributed by atoms with Gasteiger partial charge in [-0.1, -0.05) is 34.1 Å². The van der Waals surface area contributed by atoms with Crippen LogP contribution in [0, 0.1) is 10.1 Å². The van der Waals surface area contributed by atoms with E-state index < -0.39 is 29.1 Å². The molecule has 0 saturated carbocycles. The first-order valence-electron chi connectivity index (χ1n) is 13.1. The van der Waals surface area contributed by atoms with Gasteiger partial charge < -0.3 is 15.4 Å². The molecule has 0 fully saturated rings. The third-order valence-electron chi connectivity index (χ3n) is 7.36. The molecule has 1 amide bonds. The number of hydrogen-bond donors (Lipinski definition) is 2. The number of nitrogens with one attached hydrogen (secondary N) is 2. The van der Waals surface area contributed by atoms with Gasteiger partial charge >= 0.3 is 6.18 Å². The van der Waals surface area contributed by atoms with Crippen LogP contribution in [0.4, 0.5) is 30.4 Å². The number of nitro groups is 1. The van der Waals surface area contributed by atoms with Crippen LogP contribution in [-0.4, -0.2) is 26.8 Å². The normalized spacial score (nSPS) is 17.6. The second-order valence-electron chi connectivity index (χ2n) is 10.2. The van der Waals surface area contributed by atoms with Crippen LogP contribution in [0.15, 0.2) is 71.2 Å². The molecule has 4 aromatic rings. The Bertz CT molecular complexity index is 1690. The number of amides is 1. The molecule has 9 nitrogen and oxygen atoms in total. The van der Waals surface area contributed by atoms with Gasteiger partial charge in [0.1, 0.15) is 17.3 Å². The summed E-state index contributed by atoms with van der Waals surface area (Å²) in [4.78, 5) is 24.1. The predicted molar refractivity (Wildman–Crippen MR) is 152 cm³/mol. The number of benzene rings is 3. The molecule has 0 saturated heterocycles. The minimum absolute atomic E-state index is 0.0290. The van der Waals surface area contributed by atoms with Gasteiger partial charge in [-0.05, 0) is 60.2 Å². The zero-order valence-corrected chi connectivity index (χ0v) is 23.4. The number of fused-ring (bicyclic) bond motifs is 2. The van der Waals surface area contributed by atoms with Crippen LogP contribution >= 0.6 is 15.9 Å². The van der Waals surface area contributed by atoms with Crippen molar-refractivity contribution in [3.05, 3.63) is 104 Å². The number of anilines is 2. The molecule has 2 aliphatic rings. The number of nitro benzene ring substituents is 1. The SMILES string of the molecule is O=C(Nc1cc(Oc2ccc3c(c2)CCC3)cc([N+](=O)[O-])c1)c1cc2n(n1)[C@H](C(F)(F)F)C[C@@H](c1ccc(Br)cc1)N2. The number of non-ortho nitro benzene ring substituents is 1. The van der Waals surface area contributed by atoms with E-state index in [1.54, 1.807) is 30.3 Å². The van der Waals surface area contributed by atoms with E-state index in [4.69, 9.17) is 4.74 Å². The maximum absolute atomic E-state index is 14.1. The van der Waals surface area contributed by atoms with E-state index in [0.29, 0.717) is 11.3 Å². The maximum Gasteiger partial charge on any atom is 0.410 e. The van der Waals surface area contributed by atoms with Crippen LogP contribution < -0.4 is 15.4 Å². The molecule has 1 aromatic heterocycles. The lowest BCUT2D eigenvalue weighted by Gasteiger charge is -2.33. The first-order chi connectivity index (χ1) is 20.0. The topological polar surface area (TPSA) is 111 Å². The van der Waals surface area contributed by atoms with Crippen molar-refractivity contribution in [3.8, 4) is 11.5 Å². The quantitative estimate of drug-likeness (QED) is 0.164. The van der Waals surface area contributed by atoms with E-state index in [2.05, 4.69) is 31.7 Å². The van der Waals surface area contributed by atoms with E-state index in [-0.39, 0.29) is 35.1 Å². The van der Waals surface area contributed by atoms with E-state index >= 15 is 0 Å². The van der Waals surface area contributed by atoms with Crippen LogP contribution in [0.1, 0.15) is 52.1 Å². The Morgan fingerprint density at radius 3 is 2.55 bits per heavy atom. The van der Waals surface area contributed by atoms with Crippen molar-refractivity contribution in [2.45, 2.75) is 43.9 Å². The highest BCUT2D eigenvalue weighted by Gasteiger charge is 2.46. The Morgan fingerprint density at radius 1 is 1.05 bits per heavy atom. The van der Waals surface area contributed by atoms with Gasteiger partial charge in [0.2, 0.25) is 0 Å². The molecular formula is C29H23BrF3N5O4. The lowest BCUT2D eigenvalue weighted by Crippen LogP contribution is -2.35. The van der Waals surface area contributed by atoms with Crippen LogP contribution in [0.25, 0.3) is 0 Å². The zero-order chi connectivity index (χ0) is 29.6. The Kier molecular flexibility index (Phi) is 7.13. The predicted octanol–water partition coefficient (Wildman–Crippen LogP) is 7.75. The summed E-state index contributed by atoms with van der Waals surface area (Å²) in [7, 11) is 0. The fourth-order valence-corrected chi connectivity index (χ4v) is 5.63. The van der Waals surface area contributed by atoms with Gasteiger partial charge in [-0.3, -0.25) is 14.9 Å². The lowest BCUT2D eigenvalue weighted by atomic mass is 9.97. The molecule has 2 heterocycles. The maximum atomic E-state index is 14.1. The van der Waals surface area contributed by atoms with Gasteiger partial charge in [0.25, 0.3) is 11.6 Å². The Morgan fingerprint density at radius 2 is 1.81 bits per heavy atom. The molecule has 1 aliphatic carbocycles. The molecule has 2 atom stereocenters. The monoisotopic (exact) mass is 641 g/mol. The van der Waals surface area contributed by atoms with Gasteiger partial charge in [-0.2, -0.15) is 18.3 Å². The molecule has 0 radical (unpaired) electrons. The highest BCUT2D eigenvalue weighted by molar-refractivity contribution is 9.10. The average molecular weight is 642 g/mol. The van der Waals surface area contributed by atoms with Crippen molar-refractivity contribution >= 4 is 39.0 Å². The van der Waals surface area contributed by atoms with Crippen molar-refractivity contribution in [2.75, 3.05) is 10.6 Å². The average Bonchev–Trinajstić information content (AvgIpc) is 3.59. The summed E-state index contributed by atoms with van der Waals surface area (Å²) in [5, 5.41) is 21.1.